The molecule has 3 rings (SSSR count). The van der Waals surface area contributed by atoms with E-state index in [9.17, 15) is 19.5 Å². The number of hydrogen-bond acceptors (Lipinski definition) is 4. The van der Waals surface area contributed by atoms with Crippen molar-refractivity contribution in [2.24, 2.45) is 5.41 Å². The first-order valence-corrected chi connectivity index (χ1v) is 10.6. The molecule has 0 saturated carbocycles. The van der Waals surface area contributed by atoms with Crippen LogP contribution in [0.3, 0.4) is 0 Å². The number of fused-ring (bicyclic) bond motifs is 3. The average Bonchev–Trinajstić information content (AvgIpc) is 3.05. The maximum atomic E-state index is 12.6. The first kappa shape index (κ1) is 23.3. The zero-order valence-corrected chi connectivity index (χ0v) is 19.1. The predicted molar refractivity (Wildman–Crippen MR) is 121 cm³/mol. The zero-order valence-electron chi connectivity index (χ0n) is 19.1. The van der Waals surface area contributed by atoms with Gasteiger partial charge in [-0.1, -0.05) is 48.5 Å². The molecular weight excluding hydrogens is 408 g/mol. The Hall–Kier alpha value is -3.35. The van der Waals surface area contributed by atoms with E-state index in [1.807, 2.05) is 36.4 Å². The second-order valence-electron chi connectivity index (χ2n) is 9.24. The number of carbonyl (C=O) groups excluding carboxylic acids is 2. The number of ether oxygens (including phenoxy) is 1. The van der Waals surface area contributed by atoms with Crippen LogP contribution in [0.5, 0.6) is 0 Å². The minimum atomic E-state index is -1.20. The Bertz CT molecular complexity index is 999. The highest BCUT2D eigenvalue weighted by Crippen LogP contribution is 2.44. The molecular formula is C25H30N2O5. The molecule has 0 aromatic heterocycles. The predicted octanol–water partition coefficient (Wildman–Crippen LogP) is 3.92. The van der Waals surface area contributed by atoms with E-state index in [2.05, 4.69) is 22.8 Å². The van der Waals surface area contributed by atoms with E-state index in [0.29, 0.717) is 0 Å². The van der Waals surface area contributed by atoms with Gasteiger partial charge < -0.3 is 20.5 Å². The van der Waals surface area contributed by atoms with Crippen molar-refractivity contribution in [1.82, 2.24) is 10.6 Å². The number of alkyl carbamates (subject to hydrolysis) is 1. The fourth-order valence-corrected chi connectivity index (χ4v) is 3.72. The van der Waals surface area contributed by atoms with E-state index in [4.69, 9.17) is 4.74 Å². The SMILES string of the molecule is CC(NC(=O)OCC1c2ccccc2-c2ccccc21)C(=O)NC(C)(C)C(C)(C)C(=O)O. The third-order valence-electron chi connectivity index (χ3n) is 6.60. The van der Waals surface area contributed by atoms with Crippen molar-refractivity contribution in [3.05, 3.63) is 59.7 Å². The highest BCUT2D eigenvalue weighted by molar-refractivity contribution is 5.87. The molecule has 2 amide bonds. The lowest BCUT2D eigenvalue weighted by Gasteiger charge is -2.39. The molecule has 1 unspecified atom stereocenters. The Kier molecular flexibility index (Phi) is 6.30. The fourth-order valence-electron chi connectivity index (χ4n) is 3.72. The van der Waals surface area contributed by atoms with Gasteiger partial charge in [0, 0.05) is 5.92 Å². The van der Waals surface area contributed by atoms with Gasteiger partial charge in [0.15, 0.2) is 0 Å². The van der Waals surface area contributed by atoms with Crippen molar-refractivity contribution in [3.8, 4) is 11.1 Å². The Balaban J connectivity index is 1.61. The molecule has 2 aromatic rings. The summed E-state index contributed by atoms with van der Waals surface area (Å²) in [6.45, 7) is 8.03. The highest BCUT2D eigenvalue weighted by atomic mass is 16.5. The lowest BCUT2D eigenvalue weighted by molar-refractivity contribution is -0.152. The van der Waals surface area contributed by atoms with Crippen molar-refractivity contribution < 1.29 is 24.2 Å². The number of nitrogens with one attached hydrogen (secondary N) is 2. The van der Waals surface area contributed by atoms with Crippen LogP contribution in [0.25, 0.3) is 11.1 Å². The van der Waals surface area contributed by atoms with Gasteiger partial charge >= 0.3 is 12.1 Å². The van der Waals surface area contributed by atoms with Crippen LogP contribution in [0.4, 0.5) is 4.79 Å². The molecule has 170 valence electrons. The van der Waals surface area contributed by atoms with E-state index in [0.717, 1.165) is 22.3 Å². The molecule has 0 aliphatic heterocycles. The van der Waals surface area contributed by atoms with Crippen molar-refractivity contribution in [3.63, 3.8) is 0 Å². The van der Waals surface area contributed by atoms with Gasteiger partial charge in [0.05, 0.1) is 11.0 Å². The van der Waals surface area contributed by atoms with E-state index in [-0.39, 0.29) is 12.5 Å². The number of aliphatic carboxylic acids is 1. The molecule has 32 heavy (non-hydrogen) atoms. The Morgan fingerprint density at radius 1 is 0.969 bits per heavy atom. The summed E-state index contributed by atoms with van der Waals surface area (Å²) >= 11 is 0. The molecule has 0 spiro atoms. The van der Waals surface area contributed by atoms with Crippen LogP contribution in [0.2, 0.25) is 0 Å². The largest absolute Gasteiger partial charge is 0.481 e. The quantitative estimate of drug-likeness (QED) is 0.608. The minimum absolute atomic E-state index is 0.0763. The molecule has 0 fully saturated rings. The number of carbonyl (C=O) groups is 3. The molecule has 2 aromatic carbocycles. The second kappa shape index (κ2) is 8.65. The molecule has 0 saturated heterocycles. The molecule has 7 nitrogen and oxygen atoms in total. The van der Waals surface area contributed by atoms with Gasteiger partial charge in [-0.05, 0) is 56.9 Å². The molecule has 0 radical (unpaired) electrons. The topological polar surface area (TPSA) is 105 Å². The smallest absolute Gasteiger partial charge is 0.407 e. The van der Waals surface area contributed by atoms with Gasteiger partial charge in [-0.25, -0.2) is 4.79 Å². The van der Waals surface area contributed by atoms with Crippen LogP contribution in [0.1, 0.15) is 51.7 Å². The maximum absolute atomic E-state index is 12.6. The van der Waals surface area contributed by atoms with E-state index in [1.165, 1.54) is 6.92 Å². The van der Waals surface area contributed by atoms with Crippen LogP contribution in [-0.4, -0.2) is 41.3 Å². The third-order valence-corrected chi connectivity index (χ3v) is 6.60. The van der Waals surface area contributed by atoms with Crippen molar-refractivity contribution >= 4 is 18.0 Å². The highest BCUT2D eigenvalue weighted by Gasteiger charge is 2.45. The third kappa shape index (κ3) is 4.33. The minimum Gasteiger partial charge on any atom is -0.481 e. The number of carboxylic acid groups (broad SMARTS) is 1. The first-order chi connectivity index (χ1) is 15.0. The average molecular weight is 439 g/mol. The summed E-state index contributed by atoms with van der Waals surface area (Å²) in [5.41, 5.74) is 2.23. The summed E-state index contributed by atoms with van der Waals surface area (Å²) in [5, 5.41) is 14.7. The summed E-state index contributed by atoms with van der Waals surface area (Å²) < 4.78 is 5.47. The summed E-state index contributed by atoms with van der Waals surface area (Å²) in [4.78, 5) is 36.5. The summed E-state index contributed by atoms with van der Waals surface area (Å²) in [6, 6.07) is 15.2. The van der Waals surface area contributed by atoms with Crippen LogP contribution in [0.15, 0.2) is 48.5 Å². The monoisotopic (exact) mass is 438 g/mol. The number of carboxylic acids is 1. The van der Waals surface area contributed by atoms with E-state index < -0.39 is 35.0 Å². The van der Waals surface area contributed by atoms with E-state index in [1.54, 1.807) is 27.7 Å². The van der Waals surface area contributed by atoms with Crippen LogP contribution in [0, 0.1) is 5.41 Å². The van der Waals surface area contributed by atoms with Crippen molar-refractivity contribution in [2.45, 2.75) is 52.1 Å². The zero-order chi connectivity index (χ0) is 23.7. The molecule has 1 aliphatic rings. The summed E-state index contributed by atoms with van der Waals surface area (Å²) in [5.74, 6) is -1.59. The van der Waals surface area contributed by atoms with E-state index >= 15 is 0 Å². The van der Waals surface area contributed by atoms with Crippen molar-refractivity contribution in [1.29, 1.82) is 0 Å². The van der Waals surface area contributed by atoms with Crippen LogP contribution >= 0.6 is 0 Å². The fraction of sp³-hybridized carbons (Fsp3) is 0.400. The lowest BCUT2D eigenvalue weighted by atomic mass is 9.74. The molecule has 0 heterocycles. The van der Waals surface area contributed by atoms with Gasteiger partial charge in [-0.15, -0.1) is 0 Å². The normalized spacial score (nSPS) is 14.2. The van der Waals surface area contributed by atoms with Crippen molar-refractivity contribution in [2.75, 3.05) is 6.61 Å². The molecule has 0 bridgehead atoms. The number of benzene rings is 2. The van der Waals surface area contributed by atoms with Gasteiger partial charge in [0.2, 0.25) is 5.91 Å². The van der Waals surface area contributed by atoms with Crippen LogP contribution < -0.4 is 10.6 Å². The maximum Gasteiger partial charge on any atom is 0.407 e. The summed E-state index contributed by atoms with van der Waals surface area (Å²) in [7, 11) is 0. The number of rotatable bonds is 7. The second-order valence-corrected chi connectivity index (χ2v) is 9.24. The standard InChI is InChI=1S/C25H30N2O5/c1-15(21(28)27-25(4,5)24(2,3)22(29)30)26-23(31)32-14-20-18-12-8-6-10-16(18)17-11-7-9-13-19(17)20/h6-13,15,20H,14H2,1-5H3,(H,26,31)(H,27,28)(H,29,30). The van der Waals surface area contributed by atoms with Crippen LogP contribution in [-0.2, 0) is 14.3 Å². The molecule has 1 aliphatic carbocycles. The Morgan fingerprint density at radius 3 is 1.97 bits per heavy atom. The van der Waals surface area contributed by atoms with Gasteiger partial charge in [-0.2, -0.15) is 0 Å². The summed E-state index contributed by atoms with van der Waals surface area (Å²) in [6.07, 6.45) is -0.704. The molecule has 3 N–H and O–H groups in total. The van der Waals surface area contributed by atoms with Gasteiger partial charge in [0.1, 0.15) is 12.6 Å². The Labute approximate surface area is 188 Å². The lowest BCUT2D eigenvalue weighted by Crippen LogP contribution is -2.60. The number of hydrogen-bond donors (Lipinski definition) is 3. The molecule has 1 atom stereocenters. The number of amides is 2. The molecule has 7 heteroatoms. The van der Waals surface area contributed by atoms with Gasteiger partial charge in [0.25, 0.3) is 0 Å². The Morgan fingerprint density at radius 2 is 1.47 bits per heavy atom. The van der Waals surface area contributed by atoms with Gasteiger partial charge in [-0.3, -0.25) is 9.59 Å². The first-order valence-electron chi connectivity index (χ1n) is 10.6.